The highest BCUT2D eigenvalue weighted by Gasteiger charge is 2.45. The molecule has 2 rings (SSSR count). The Kier molecular flexibility index (Phi) is 3.90. The number of hydrogen-bond donors (Lipinski definition) is 1. The van der Waals surface area contributed by atoms with Gasteiger partial charge in [-0.05, 0) is 25.7 Å². The van der Waals surface area contributed by atoms with E-state index >= 15 is 0 Å². The molecule has 0 aromatic carbocycles. The molecule has 5 heteroatoms. The van der Waals surface area contributed by atoms with Gasteiger partial charge >= 0.3 is 0 Å². The minimum atomic E-state index is -0.321. The zero-order valence-corrected chi connectivity index (χ0v) is 11.3. The van der Waals surface area contributed by atoms with E-state index in [1.54, 1.807) is 4.90 Å². The van der Waals surface area contributed by atoms with E-state index in [-0.39, 0.29) is 42.5 Å². The van der Waals surface area contributed by atoms with Crippen LogP contribution in [0.15, 0.2) is 0 Å². The minimum absolute atomic E-state index is 0.0236. The number of piperazine rings is 1. The molecule has 1 aliphatic heterocycles. The molecule has 2 amide bonds. The van der Waals surface area contributed by atoms with E-state index in [9.17, 15) is 9.59 Å². The van der Waals surface area contributed by atoms with Crippen LogP contribution in [0.5, 0.6) is 0 Å². The summed E-state index contributed by atoms with van der Waals surface area (Å²) in [6.07, 6.45) is 1.97. The Morgan fingerprint density at radius 2 is 2.06 bits per heavy atom. The van der Waals surface area contributed by atoms with Gasteiger partial charge in [0.25, 0.3) is 0 Å². The van der Waals surface area contributed by atoms with Gasteiger partial charge in [-0.3, -0.25) is 9.59 Å². The average Bonchev–Trinajstić information content (AvgIpc) is 2.26. The Balaban J connectivity index is 2.04. The molecule has 1 atom stereocenters. The number of nitrogens with zero attached hydrogens (tertiary/aromatic N) is 1. The summed E-state index contributed by atoms with van der Waals surface area (Å²) in [5, 5.41) is 2.67. The summed E-state index contributed by atoms with van der Waals surface area (Å²) >= 11 is 0. The standard InChI is InChI=1S/C13H22N2O3/c1-4-18-10-5-9(6-10)15-11(16)7-14-13(17)12(15)8(2)3/h8-10,12H,4-7H2,1-3H3,(H,14,17). The SMILES string of the molecule is CCOC1CC(N2C(=O)CNC(=O)C2C(C)C)C1. The average molecular weight is 254 g/mol. The van der Waals surface area contributed by atoms with Gasteiger partial charge < -0.3 is 15.0 Å². The number of carbonyl (C=O) groups is 2. The topological polar surface area (TPSA) is 58.6 Å². The number of amides is 2. The minimum Gasteiger partial charge on any atom is -0.378 e. The van der Waals surface area contributed by atoms with Gasteiger partial charge in [0.2, 0.25) is 11.8 Å². The molecule has 0 radical (unpaired) electrons. The van der Waals surface area contributed by atoms with Crippen LogP contribution >= 0.6 is 0 Å². The van der Waals surface area contributed by atoms with Gasteiger partial charge in [0.1, 0.15) is 6.04 Å². The van der Waals surface area contributed by atoms with Crippen LogP contribution in [-0.4, -0.2) is 48.1 Å². The van der Waals surface area contributed by atoms with Crippen molar-refractivity contribution in [1.29, 1.82) is 0 Å². The van der Waals surface area contributed by atoms with Crippen molar-refractivity contribution in [2.24, 2.45) is 5.92 Å². The van der Waals surface area contributed by atoms with Gasteiger partial charge in [0.05, 0.1) is 12.6 Å². The van der Waals surface area contributed by atoms with Crippen LogP contribution in [0, 0.1) is 5.92 Å². The Morgan fingerprint density at radius 1 is 1.39 bits per heavy atom. The fourth-order valence-corrected chi connectivity index (χ4v) is 2.83. The largest absolute Gasteiger partial charge is 0.378 e. The first-order chi connectivity index (χ1) is 8.54. The predicted molar refractivity (Wildman–Crippen MR) is 66.9 cm³/mol. The van der Waals surface area contributed by atoms with Gasteiger partial charge in [0.15, 0.2) is 0 Å². The zero-order chi connectivity index (χ0) is 13.3. The molecule has 0 spiro atoms. The van der Waals surface area contributed by atoms with Gasteiger partial charge in [0, 0.05) is 12.6 Å². The molecule has 102 valence electrons. The van der Waals surface area contributed by atoms with Crippen LogP contribution in [0.1, 0.15) is 33.6 Å². The van der Waals surface area contributed by atoms with Crippen molar-refractivity contribution in [3.63, 3.8) is 0 Å². The van der Waals surface area contributed by atoms with Crippen LogP contribution in [-0.2, 0) is 14.3 Å². The van der Waals surface area contributed by atoms with Crippen molar-refractivity contribution < 1.29 is 14.3 Å². The zero-order valence-electron chi connectivity index (χ0n) is 11.3. The lowest BCUT2D eigenvalue weighted by Gasteiger charge is -2.48. The molecule has 0 bridgehead atoms. The molecule has 1 aliphatic carbocycles. The summed E-state index contributed by atoms with van der Waals surface area (Å²) in [6.45, 7) is 6.78. The summed E-state index contributed by atoms with van der Waals surface area (Å²) in [5.74, 6) is 0.151. The first-order valence-corrected chi connectivity index (χ1v) is 6.75. The molecule has 0 aromatic heterocycles. The molecular formula is C13H22N2O3. The molecule has 5 nitrogen and oxygen atoms in total. The van der Waals surface area contributed by atoms with E-state index in [1.165, 1.54) is 0 Å². The molecule has 1 N–H and O–H groups in total. The first kappa shape index (κ1) is 13.3. The maximum Gasteiger partial charge on any atom is 0.243 e. The lowest BCUT2D eigenvalue weighted by molar-refractivity contribution is -0.157. The fourth-order valence-electron chi connectivity index (χ4n) is 2.83. The van der Waals surface area contributed by atoms with E-state index in [2.05, 4.69) is 5.32 Å². The van der Waals surface area contributed by atoms with E-state index < -0.39 is 0 Å². The quantitative estimate of drug-likeness (QED) is 0.796. The van der Waals surface area contributed by atoms with Crippen molar-refractivity contribution in [1.82, 2.24) is 10.2 Å². The molecule has 1 saturated carbocycles. The first-order valence-electron chi connectivity index (χ1n) is 6.75. The molecule has 2 aliphatic rings. The molecule has 1 unspecified atom stereocenters. The normalized spacial score (nSPS) is 32.4. The number of nitrogens with one attached hydrogen (secondary N) is 1. The van der Waals surface area contributed by atoms with Crippen molar-refractivity contribution >= 4 is 11.8 Å². The molecule has 0 aromatic rings. The Morgan fingerprint density at radius 3 is 2.61 bits per heavy atom. The van der Waals surface area contributed by atoms with E-state index in [0.29, 0.717) is 6.61 Å². The molecule has 2 fully saturated rings. The Hall–Kier alpha value is -1.10. The van der Waals surface area contributed by atoms with Crippen molar-refractivity contribution in [2.45, 2.75) is 51.8 Å². The third-order valence-electron chi connectivity index (χ3n) is 3.77. The van der Waals surface area contributed by atoms with Crippen molar-refractivity contribution in [3.8, 4) is 0 Å². The second-order valence-electron chi connectivity index (χ2n) is 5.41. The van der Waals surface area contributed by atoms with Crippen LogP contribution in [0.4, 0.5) is 0 Å². The fraction of sp³-hybridized carbons (Fsp3) is 0.846. The summed E-state index contributed by atoms with van der Waals surface area (Å²) in [7, 11) is 0. The van der Waals surface area contributed by atoms with Gasteiger partial charge in [-0.15, -0.1) is 0 Å². The monoisotopic (exact) mass is 254 g/mol. The smallest absolute Gasteiger partial charge is 0.243 e. The summed E-state index contributed by atoms with van der Waals surface area (Å²) in [5.41, 5.74) is 0. The highest BCUT2D eigenvalue weighted by Crippen LogP contribution is 2.32. The number of ether oxygens (including phenoxy) is 1. The van der Waals surface area contributed by atoms with Crippen LogP contribution in [0.2, 0.25) is 0 Å². The predicted octanol–water partition coefficient (Wildman–Crippen LogP) is 0.537. The second kappa shape index (κ2) is 5.26. The number of rotatable bonds is 4. The lowest BCUT2D eigenvalue weighted by Crippen LogP contribution is -2.66. The maximum absolute atomic E-state index is 12.0. The molecule has 18 heavy (non-hydrogen) atoms. The number of carbonyl (C=O) groups excluding carboxylic acids is 2. The third kappa shape index (κ3) is 2.36. The molecular weight excluding hydrogens is 232 g/mol. The van der Waals surface area contributed by atoms with Crippen LogP contribution < -0.4 is 5.32 Å². The van der Waals surface area contributed by atoms with Gasteiger partial charge in [-0.2, -0.15) is 0 Å². The van der Waals surface area contributed by atoms with E-state index in [0.717, 1.165) is 12.8 Å². The lowest BCUT2D eigenvalue weighted by atomic mass is 9.84. The Bertz CT molecular complexity index is 337. The van der Waals surface area contributed by atoms with E-state index in [4.69, 9.17) is 4.74 Å². The highest BCUT2D eigenvalue weighted by atomic mass is 16.5. The van der Waals surface area contributed by atoms with Crippen molar-refractivity contribution in [2.75, 3.05) is 13.2 Å². The Labute approximate surface area is 108 Å². The van der Waals surface area contributed by atoms with E-state index in [1.807, 2.05) is 20.8 Å². The van der Waals surface area contributed by atoms with Crippen LogP contribution in [0.25, 0.3) is 0 Å². The molecule has 1 saturated heterocycles. The maximum atomic E-state index is 12.0. The molecule has 1 heterocycles. The van der Waals surface area contributed by atoms with Crippen molar-refractivity contribution in [3.05, 3.63) is 0 Å². The summed E-state index contributed by atoms with van der Waals surface area (Å²) in [6, 6.07) is -0.147. The number of hydrogen-bond acceptors (Lipinski definition) is 3. The summed E-state index contributed by atoms with van der Waals surface area (Å²) in [4.78, 5) is 25.7. The van der Waals surface area contributed by atoms with Gasteiger partial charge in [-0.25, -0.2) is 0 Å². The highest BCUT2D eigenvalue weighted by molar-refractivity contribution is 5.95. The third-order valence-corrected chi connectivity index (χ3v) is 3.77. The second-order valence-corrected chi connectivity index (χ2v) is 5.41. The van der Waals surface area contributed by atoms with Crippen LogP contribution in [0.3, 0.4) is 0 Å². The van der Waals surface area contributed by atoms with Gasteiger partial charge in [-0.1, -0.05) is 13.8 Å². The summed E-state index contributed by atoms with van der Waals surface area (Å²) < 4.78 is 5.52.